The van der Waals surface area contributed by atoms with E-state index in [9.17, 15) is 19.8 Å². The number of carbonyl (C=O) groups is 2. The summed E-state index contributed by atoms with van der Waals surface area (Å²) in [5.41, 5.74) is 6.18. The molecule has 0 saturated heterocycles. The first-order valence-corrected chi connectivity index (χ1v) is 5.79. The number of primary amides is 1. The van der Waals surface area contributed by atoms with Crippen molar-refractivity contribution in [3.63, 3.8) is 0 Å². The van der Waals surface area contributed by atoms with Gasteiger partial charge in [0, 0.05) is 11.8 Å². The number of benzene rings is 1. The van der Waals surface area contributed by atoms with Gasteiger partial charge in [-0.1, -0.05) is 6.07 Å². The highest BCUT2D eigenvalue weighted by Gasteiger charge is 2.21. The second-order valence-electron chi connectivity index (χ2n) is 4.39. The Bertz CT molecular complexity index is 880. The lowest BCUT2D eigenvalue weighted by Crippen LogP contribution is -2.10. The van der Waals surface area contributed by atoms with E-state index >= 15 is 0 Å². The highest BCUT2D eigenvalue weighted by atomic mass is 16.4. The lowest BCUT2D eigenvalue weighted by atomic mass is 10.1. The van der Waals surface area contributed by atoms with Crippen molar-refractivity contribution < 1.29 is 19.8 Å². The van der Waals surface area contributed by atoms with Gasteiger partial charge in [0.15, 0.2) is 0 Å². The number of hydrogen-bond donors (Lipinski definition) is 3. The Morgan fingerprint density at radius 1 is 1.15 bits per heavy atom. The van der Waals surface area contributed by atoms with Crippen LogP contribution in [0, 0.1) is 0 Å². The molecule has 0 saturated carbocycles. The molecule has 0 atom stereocenters. The quantitative estimate of drug-likeness (QED) is 0.657. The van der Waals surface area contributed by atoms with Gasteiger partial charge in [-0.2, -0.15) is 0 Å². The van der Waals surface area contributed by atoms with Crippen LogP contribution in [-0.2, 0) is 0 Å². The number of aromatic carboxylic acids is 1. The van der Waals surface area contributed by atoms with E-state index in [0.29, 0.717) is 11.0 Å². The van der Waals surface area contributed by atoms with Crippen molar-refractivity contribution in [2.45, 2.75) is 0 Å². The molecule has 3 aromatic rings. The molecule has 0 spiro atoms. The number of amides is 1. The largest absolute Gasteiger partial charge is 0.507 e. The summed E-state index contributed by atoms with van der Waals surface area (Å²) < 4.78 is 1.60. The molecule has 6 heteroatoms. The molecule has 6 nitrogen and oxygen atoms in total. The number of phenolic OH excluding ortho intramolecular Hbond substituents is 1. The van der Waals surface area contributed by atoms with E-state index in [2.05, 4.69) is 0 Å². The zero-order valence-electron chi connectivity index (χ0n) is 10.2. The third-order valence-electron chi connectivity index (χ3n) is 3.22. The van der Waals surface area contributed by atoms with Gasteiger partial charge in [0.05, 0.1) is 22.0 Å². The summed E-state index contributed by atoms with van der Waals surface area (Å²) in [7, 11) is 0. The van der Waals surface area contributed by atoms with Crippen LogP contribution in [0.5, 0.6) is 5.75 Å². The summed E-state index contributed by atoms with van der Waals surface area (Å²) in [6, 6.07) is 7.71. The fourth-order valence-corrected chi connectivity index (χ4v) is 2.40. The number of rotatable bonds is 2. The maximum Gasteiger partial charge on any atom is 0.338 e. The average molecular weight is 270 g/mol. The van der Waals surface area contributed by atoms with E-state index in [1.807, 2.05) is 0 Å². The first-order valence-electron chi connectivity index (χ1n) is 5.79. The number of fused-ring (bicyclic) bond motifs is 3. The number of aromatic nitrogens is 1. The van der Waals surface area contributed by atoms with Crippen LogP contribution in [0.25, 0.3) is 16.4 Å². The van der Waals surface area contributed by atoms with E-state index in [-0.39, 0.29) is 22.3 Å². The van der Waals surface area contributed by atoms with E-state index < -0.39 is 11.9 Å². The number of phenols is 1. The average Bonchev–Trinajstić information content (AvgIpc) is 2.74. The van der Waals surface area contributed by atoms with Gasteiger partial charge in [-0.15, -0.1) is 0 Å². The predicted octanol–water partition coefficient (Wildman–Crippen LogP) is 1.60. The molecular formula is C14H10N2O4. The van der Waals surface area contributed by atoms with E-state index in [1.165, 1.54) is 12.1 Å². The fraction of sp³-hybridized carbons (Fsp3) is 0. The monoisotopic (exact) mass is 270 g/mol. The second kappa shape index (κ2) is 3.99. The Morgan fingerprint density at radius 2 is 1.90 bits per heavy atom. The molecule has 2 aromatic heterocycles. The van der Waals surface area contributed by atoms with Gasteiger partial charge in [0.25, 0.3) is 0 Å². The van der Waals surface area contributed by atoms with Crippen molar-refractivity contribution in [1.29, 1.82) is 0 Å². The van der Waals surface area contributed by atoms with E-state index in [4.69, 9.17) is 5.73 Å². The van der Waals surface area contributed by atoms with Crippen LogP contribution in [0.15, 0.2) is 36.5 Å². The molecule has 1 amide bonds. The number of aromatic hydroxyl groups is 1. The number of nitrogens with two attached hydrogens (primary N) is 1. The van der Waals surface area contributed by atoms with Crippen molar-refractivity contribution in [3.8, 4) is 5.75 Å². The van der Waals surface area contributed by atoms with Crippen LogP contribution in [-0.4, -0.2) is 26.5 Å². The van der Waals surface area contributed by atoms with Crippen molar-refractivity contribution in [1.82, 2.24) is 4.40 Å². The van der Waals surface area contributed by atoms with Crippen molar-refractivity contribution in [2.75, 3.05) is 0 Å². The van der Waals surface area contributed by atoms with Crippen LogP contribution in [0.2, 0.25) is 0 Å². The Labute approximate surface area is 112 Å². The Kier molecular flexibility index (Phi) is 2.40. The number of hydrogen-bond acceptors (Lipinski definition) is 3. The van der Waals surface area contributed by atoms with Crippen molar-refractivity contribution in [3.05, 3.63) is 47.7 Å². The van der Waals surface area contributed by atoms with Crippen LogP contribution in [0.3, 0.4) is 0 Å². The van der Waals surface area contributed by atoms with Gasteiger partial charge < -0.3 is 20.3 Å². The normalized spacial score (nSPS) is 11.0. The van der Waals surface area contributed by atoms with Gasteiger partial charge >= 0.3 is 5.97 Å². The molecule has 0 bridgehead atoms. The summed E-state index contributed by atoms with van der Waals surface area (Å²) in [5.74, 6) is -2.12. The summed E-state index contributed by atoms with van der Waals surface area (Å²) in [6.07, 6.45) is 1.66. The number of pyridine rings is 1. The maximum absolute atomic E-state index is 11.4. The van der Waals surface area contributed by atoms with Gasteiger partial charge in [-0.05, 0) is 24.3 Å². The Hall–Kier alpha value is -3.02. The third kappa shape index (κ3) is 1.51. The molecule has 2 heterocycles. The maximum atomic E-state index is 11.4. The zero-order chi connectivity index (χ0) is 14.4. The van der Waals surface area contributed by atoms with Crippen LogP contribution in [0.4, 0.5) is 0 Å². The first-order chi connectivity index (χ1) is 9.50. The van der Waals surface area contributed by atoms with Gasteiger partial charge in [-0.3, -0.25) is 4.79 Å². The highest BCUT2D eigenvalue weighted by molar-refractivity contribution is 6.14. The molecule has 0 aliphatic heterocycles. The summed E-state index contributed by atoms with van der Waals surface area (Å²) in [5, 5.41) is 19.6. The second-order valence-corrected chi connectivity index (χ2v) is 4.39. The minimum absolute atomic E-state index is 0.00544. The number of carboxylic acids is 1. The van der Waals surface area contributed by atoms with Gasteiger partial charge in [0.1, 0.15) is 5.75 Å². The standard InChI is InChI=1S/C14H10N2O4/c15-13(18)7-5-9-11(10(17)6-7)12(14(19)20)8-3-1-2-4-16(8)9/h1-6,17H,(H2,15,18)(H,19,20). The van der Waals surface area contributed by atoms with Gasteiger partial charge in [0.2, 0.25) is 5.91 Å². The molecule has 3 rings (SSSR count). The third-order valence-corrected chi connectivity index (χ3v) is 3.22. The van der Waals surface area contributed by atoms with Crippen molar-refractivity contribution in [2.24, 2.45) is 5.73 Å². The Balaban J connectivity index is 2.59. The van der Waals surface area contributed by atoms with E-state index in [1.54, 1.807) is 28.8 Å². The molecule has 0 aliphatic carbocycles. The zero-order valence-corrected chi connectivity index (χ0v) is 10.2. The molecule has 0 aliphatic rings. The number of carboxylic acid groups (broad SMARTS) is 1. The first kappa shape index (κ1) is 12.0. The molecule has 1 aromatic carbocycles. The molecule has 0 fully saturated rings. The van der Waals surface area contributed by atoms with E-state index in [0.717, 1.165) is 0 Å². The van der Waals surface area contributed by atoms with Crippen molar-refractivity contribution >= 4 is 28.3 Å². The molecule has 0 unspecified atom stereocenters. The summed E-state index contributed by atoms with van der Waals surface area (Å²) in [4.78, 5) is 22.7. The molecule has 4 N–H and O–H groups in total. The number of carbonyl (C=O) groups excluding carboxylic acids is 1. The summed E-state index contributed by atoms with van der Waals surface area (Å²) in [6.45, 7) is 0. The molecular weight excluding hydrogens is 260 g/mol. The van der Waals surface area contributed by atoms with Gasteiger partial charge in [-0.25, -0.2) is 4.79 Å². The molecule has 0 radical (unpaired) electrons. The number of nitrogens with zero attached hydrogens (tertiary/aromatic N) is 1. The topological polar surface area (TPSA) is 105 Å². The summed E-state index contributed by atoms with van der Waals surface area (Å²) >= 11 is 0. The molecule has 20 heavy (non-hydrogen) atoms. The van der Waals surface area contributed by atoms with Crippen LogP contribution < -0.4 is 5.73 Å². The smallest absolute Gasteiger partial charge is 0.338 e. The predicted molar refractivity (Wildman–Crippen MR) is 72.0 cm³/mol. The Morgan fingerprint density at radius 3 is 2.55 bits per heavy atom. The van der Waals surface area contributed by atoms with Crippen LogP contribution in [0.1, 0.15) is 20.7 Å². The lowest BCUT2D eigenvalue weighted by Gasteiger charge is -2.01. The fourth-order valence-electron chi connectivity index (χ4n) is 2.40. The minimum atomic E-state index is -1.15. The highest BCUT2D eigenvalue weighted by Crippen LogP contribution is 2.34. The molecule has 100 valence electrons. The SMILES string of the molecule is NC(=O)c1cc(O)c2c(C(=O)O)c3ccccn3c2c1. The van der Waals surface area contributed by atoms with Crippen LogP contribution >= 0.6 is 0 Å². The minimum Gasteiger partial charge on any atom is -0.507 e. The lowest BCUT2D eigenvalue weighted by molar-refractivity contribution is 0.0700.